The molecule has 6 heteroatoms. The molecular formula is C20H26N4OS. The van der Waals surface area contributed by atoms with Crippen LogP contribution in [-0.4, -0.2) is 20.4 Å². The van der Waals surface area contributed by atoms with Gasteiger partial charge in [-0.15, -0.1) is 11.3 Å². The molecule has 3 aromatic rings. The molecule has 3 rings (SSSR count). The van der Waals surface area contributed by atoms with Gasteiger partial charge in [0.1, 0.15) is 4.88 Å². The largest absolute Gasteiger partial charge is 0.305 e. The molecule has 0 spiro atoms. The lowest BCUT2D eigenvalue weighted by Crippen LogP contribution is -2.25. The van der Waals surface area contributed by atoms with Crippen LogP contribution in [0.15, 0.2) is 24.3 Å². The van der Waals surface area contributed by atoms with Crippen molar-refractivity contribution in [1.82, 2.24) is 14.5 Å². The van der Waals surface area contributed by atoms with E-state index < -0.39 is 0 Å². The molecule has 2 aromatic heterocycles. The van der Waals surface area contributed by atoms with Crippen molar-refractivity contribution in [3.05, 3.63) is 39.8 Å². The van der Waals surface area contributed by atoms with Gasteiger partial charge in [-0.2, -0.15) is 0 Å². The highest BCUT2D eigenvalue weighted by molar-refractivity contribution is 7.14. The van der Waals surface area contributed by atoms with E-state index in [1.807, 2.05) is 31.2 Å². The number of fused-ring (bicyclic) bond motifs is 1. The van der Waals surface area contributed by atoms with Crippen molar-refractivity contribution in [2.75, 3.05) is 5.32 Å². The van der Waals surface area contributed by atoms with E-state index in [1.54, 1.807) is 0 Å². The Morgan fingerprint density at radius 3 is 2.31 bits per heavy atom. The summed E-state index contributed by atoms with van der Waals surface area (Å²) in [5, 5.41) is 3.97. The highest BCUT2D eigenvalue weighted by Crippen LogP contribution is 2.31. The predicted octanol–water partition coefficient (Wildman–Crippen LogP) is 5.11. The Kier molecular flexibility index (Phi) is 4.43. The van der Waals surface area contributed by atoms with Crippen molar-refractivity contribution in [2.24, 2.45) is 0 Å². The number of imidazole rings is 1. The van der Waals surface area contributed by atoms with E-state index in [1.165, 1.54) is 11.3 Å². The Bertz CT molecular complexity index is 970. The molecule has 0 unspecified atom stereocenters. The third-order valence-corrected chi connectivity index (χ3v) is 5.68. The number of amides is 1. The average molecular weight is 371 g/mol. The molecule has 0 saturated heterocycles. The lowest BCUT2D eigenvalue weighted by atomic mass is 9.98. The maximum Gasteiger partial charge on any atom is 0.269 e. The molecule has 1 N–H and O–H groups in total. The summed E-state index contributed by atoms with van der Waals surface area (Å²) in [6.07, 6.45) is 0. The van der Waals surface area contributed by atoms with E-state index in [-0.39, 0.29) is 16.9 Å². The zero-order valence-electron chi connectivity index (χ0n) is 16.5. The van der Waals surface area contributed by atoms with Crippen molar-refractivity contribution < 1.29 is 4.79 Å². The molecule has 2 heterocycles. The molecule has 0 atom stereocenters. The van der Waals surface area contributed by atoms with Crippen LogP contribution in [0.4, 0.5) is 5.95 Å². The summed E-state index contributed by atoms with van der Waals surface area (Å²) >= 11 is 1.45. The van der Waals surface area contributed by atoms with Crippen LogP contribution >= 0.6 is 11.3 Å². The minimum absolute atomic E-state index is 0.0769. The van der Waals surface area contributed by atoms with Gasteiger partial charge in [-0.25, -0.2) is 9.97 Å². The number of rotatable bonds is 2. The predicted molar refractivity (Wildman–Crippen MR) is 108 cm³/mol. The van der Waals surface area contributed by atoms with E-state index in [9.17, 15) is 4.79 Å². The molecule has 0 aliphatic heterocycles. The van der Waals surface area contributed by atoms with Gasteiger partial charge in [-0.1, -0.05) is 32.9 Å². The SMILES string of the molecule is Cc1nc(C(C)(C)C)sc1C(=O)Nc1nc2ccccc2n1C(C)(C)C. The van der Waals surface area contributed by atoms with Gasteiger partial charge in [0.2, 0.25) is 5.95 Å². The van der Waals surface area contributed by atoms with Crippen LogP contribution in [0.25, 0.3) is 11.0 Å². The fourth-order valence-electron chi connectivity index (χ4n) is 2.88. The second-order valence-electron chi connectivity index (χ2n) is 8.57. The number of nitrogens with zero attached hydrogens (tertiary/aromatic N) is 3. The number of aromatic nitrogens is 3. The van der Waals surface area contributed by atoms with Gasteiger partial charge in [0.15, 0.2) is 0 Å². The van der Waals surface area contributed by atoms with Crippen LogP contribution in [0.2, 0.25) is 0 Å². The highest BCUT2D eigenvalue weighted by atomic mass is 32.1. The van der Waals surface area contributed by atoms with Gasteiger partial charge in [0.25, 0.3) is 5.91 Å². The third kappa shape index (κ3) is 3.38. The third-order valence-electron chi connectivity index (χ3n) is 4.10. The average Bonchev–Trinajstić information content (AvgIpc) is 3.06. The van der Waals surface area contributed by atoms with Gasteiger partial charge in [0.05, 0.1) is 21.7 Å². The van der Waals surface area contributed by atoms with Gasteiger partial charge in [0, 0.05) is 11.0 Å². The normalized spacial score (nSPS) is 12.6. The first-order valence-electron chi connectivity index (χ1n) is 8.75. The van der Waals surface area contributed by atoms with Crippen molar-refractivity contribution in [1.29, 1.82) is 0 Å². The zero-order chi connectivity index (χ0) is 19.3. The Morgan fingerprint density at radius 2 is 1.73 bits per heavy atom. The van der Waals surface area contributed by atoms with Crippen LogP contribution in [0.3, 0.4) is 0 Å². The fraction of sp³-hybridized carbons (Fsp3) is 0.450. The standard InChI is InChI=1S/C20H26N4OS/c1-12-15(26-17(21-12)19(2,3)4)16(25)23-18-22-13-10-8-9-11-14(13)24(18)20(5,6)7/h8-11H,1-7H3,(H,22,23,25). The Balaban J connectivity index is 2.02. The molecule has 0 aliphatic rings. The summed E-state index contributed by atoms with van der Waals surface area (Å²) < 4.78 is 2.07. The van der Waals surface area contributed by atoms with Crippen LogP contribution in [-0.2, 0) is 11.0 Å². The topological polar surface area (TPSA) is 59.8 Å². The molecule has 1 amide bonds. The number of hydrogen-bond donors (Lipinski definition) is 1. The van der Waals surface area contributed by atoms with Crippen molar-refractivity contribution in [3.8, 4) is 0 Å². The fourth-order valence-corrected chi connectivity index (χ4v) is 3.89. The summed E-state index contributed by atoms with van der Waals surface area (Å²) in [4.78, 5) is 22.8. The van der Waals surface area contributed by atoms with E-state index >= 15 is 0 Å². The lowest BCUT2D eigenvalue weighted by molar-refractivity contribution is 0.102. The molecule has 0 bridgehead atoms. The first kappa shape index (κ1) is 18.6. The van der Waals surface area contributed by atoms with Crippen LogP contribution < -0.4 is 5.32 Å². The minimum atomic E-state index is -0.210. The summed E-state index contributed by atoms with van der Waals surface area (Å²) in [7, 11) is 0. The minimum Gasteiger partial charge on any atom is -0.305 e. The summed E-state index contributed by atoms with van der Waals surface area (Å²) in [6, 6.07) is 7.93. The van der Waals surface area contributed by atoms with Crippen LogP contribution in [0.5, 0.6) is 0 Å². The highest BCUT2D eigenvalue weighted by Gasteiger charge is 2.26. The summed E-state index contributed by atoms with van der Waals surface area (Å²) in [5.74, 6) is 0.408. The molecule has 5 nitrogen and oxygen atoms in total. The Hall–Kier alpha value is -2.21. The molecule has 1 aromatic carbocycles. The van der Waals surface area contributed by atoms with Crippen molar-refractivity contribution >= 4 is 34.2 Å². The van der Waals surface area contributed by atoms with Crippen molar-refractivity contribution in [3.63, 3.8) is 0 Å². The number of hydrogen-bond acceptors (Lipinski definition) is 4. The first-order chi connectivity index (χ1) is 12.0. The molecule has 138 valence electrons. The Labute approximate surface area is 158 Å². The number of benzene rings is 1. The zero-order valence-corrected chi connectivity index (χ0v) is 17.3. The van der Waals surface area contributed by atoms with E-state index in [2.05, 4.69) is 61.4 Å². The number of carbonyl (C=O) groups excluding carboxylic acids is 1. The van der Waals surface area contributed by atoms with E-state index in [4.69, 9.17) is 0 Å². The number of aryl methyl sites for hydroxylation is 1. The van der Waals surface area contributed by atoms with Crippen LogP contribution in [0, 0.1) is 6.92 Å². The number of nitrogens with one attached hydrogen (secondary N) is 1. The molecule has 0 saturated carbocycles. The molecule has 0 fully saturated rings. The Morgan fingerprint density at radius 1 is 1.08 bits per heavy atom. The first-order valence-corrected chi connectivity index (χ1v) is 9.57. The van der Waals surface area contributed by atoms with Crippen molar-refractivity contribution in [2.45, 2.75) is 59.4 Å². The number of carbonyl (C=O) groups is 1. The maximum atomic E-state index is 12.9. The number of para-hydroxylation sites is 2. The van der Waals surface area contributed by atoms with Crippen LogP contribution in [0.1, 0.15) is 61.9 Å². The molecule has 26 heavy (non-hydrogen) atoms. The monoisotopic (exact) mass is 370 g/mol. The second kappa shape index (κ2) is 6.20. The quantitative estimate of drug-likeness (QED) is 0.682. The van der Waals surface area contributed by atoms with Gasteiger partial charge in [-0.05, 0) is 39.8 Å². The number of thiazole rings is 1. The summed E-state index contributed by atoms with van der Waals surface area (Å²) in [5.41, 5.74) is 2.35. The summed E-state index contributed by atoms with van der Waals surface area (Å²) in [6.45, 7) is 14.5. The molecule has 0 radical (unpaired) electrons. The van der Waals surface area contributed by atoms with Gasteiger partial charge in [-0.3, -0.25) is 10.1 Å². The van der Waals surface area contributed by atoms with E-state index in [0.29, 0.717) is 10.8 Å². The van der Waals surface area contributed by atoms with E-state index in [0.717, 1.165) is 21.7 Å². The smallest absolute Gasteiger partial charge is 0.269 e. The van der Waals surface area contributed by atoms with Gasteiger partial charge >= 0.3 is 0 Å². The number of anilines is 1. The maximum absolute atomic E-state index is 12.9. The van der Waals surface area contributed by atoms with Gasteiger partial charge < -0.3 is 4.57 Å². The second-order valence-corrected chi connectivity index (χ2v) is 9.57. The molecule has 0 aliphatic carbocycles. The lowest BCUT2D eigenvalue weighted by Gasteiger charge is -2.24. The molecular weight excluding hydrogens is 344 g/mol.